The Hall–Kier alpha value is -3.79. The number of hydrogen-bond acceptors (Lipinski definition) is 9. The fraction of sp³-hybridized carbons (Fsp3) is 0.143. The van der Waals surface area contributed by atoms with Gasteiger partial charge in [0.2, 0.25) is 18.6 Å². The normalized spacial score (nSPS) is 13.2. The Labute approximate surface area is 180 Å². The van der Waals surface area contributed by atoms with E-state index in [-0.39, 0.29) is 17.9 Å². The molecule has 1 aliphatic rings. The van der Waals surface area contributed by atoms with Gasteiger partial charge in [-0.3, -0.25) is 4.79 Å². The molecule has 0 saturated carbocycles. The number of hydrogen-bond donors (Lipinski definition) is 1. The van der Waals surface area contributed by atoms with Crippen molar-refractivity contribution < 1.29 is 23.2 Å². The largest absolute Gasteiger partial charge is 0.454 e. The minimum absolute atomic E-state index is 0.183. The van der Waals surface area contributed by atoms with E-state index in [4.69, 9.17) is 18.4 Å². The van der Waals surface area contributed by atoms with E-state index in [1.54, 1.807) is 25.1 Å². The van der Waals surface area contributed by atoms with Crippen molar-refractivity contribution in [3.8, 4) is 23.0 Å². The van der Waals surface area contributed by atoms with Crippen LogP contribution in [0.15, 0.2) is 68.8 Å². The van der Waals surface area contributed by atoms with Gasteiger partial charge in [-0.05, 0) is 42.4 Å². The molecule has 1 atom stereocenters. The summed E-state index contributed by atoms with van der Waals surface area (Å²) in [6.45, 7) is 1.94. The highest BCUT2D eigenvalue weighted by molar-refractivity contribution is 8.00. The van der Waals surface area contributed by atoms with E-state index in [9.17, 15) is 4.79 Å². The van der Waals surface area contributed by atoms with Crippen LogP contribution in [0.3, 0.4) is 0 Å². The van der Waals surface area contributed by atoms with E-state index in [1.807, 2.05) is 36.4 Å². The lowest BCUT2D eigenvalue weighted by Gasteiger charge is -2.13. The zero-order chi connectivity index (χ0) is 21.2. The summed E-state index contributed by atoms with van der Waals surface area (Å²) in [5.74, 6) is 2.27. The third-order valence-electron chi connectivity index (χ3n) is 4.46. The highest BCUT2D eigenvalue weighted by Gasteiger charge is 2.26. The molecule has 0 radical (unpaired) electrons. The van der Waals surface area contributed by atoms with Crippen molar-refractivity contribution in [2.24, 2.45) is 0 Å². The summed E-state index contributed by atoms with van der Waals surface area (Å²) in [4.78, 5) is 13.0. The van der Waals surface area contributed by atoms with Crippen molar-refractivity contribution in [3.63, 3.8) is 0 Å². The lowest BCUT2D eigenvalue weighted by molar-refractivity contribution is -0.115. The number of nitrogens with one attached hydrogen (secondary N) is 1. The molecule has 0 aliphatic carbocycles. The van der Waals surface area contributed by atoms with Gasteiger partial charge in [0, 0.05) is 11.6 Å². The molecule has 1 amide bonds. The molecule has 9 nitrogen and oxygen atoms in total. The third-order valence-corrected chi connectivity index (χ3v) is 5.55. The van der Waals surface area contributed by atoms with E-state index >= 15 is 0 Å². The van der Waals surface area contributed by atoms with Crippen molar-refractivity contribution in [3.05, 3.63) is 65.9 Å². The van der Waals surface area contributed by atoms with Gasteiger partial charge in [-0.15, -0.1) is 10.2 Å². The van der Waals surface area contributed by atoms with Crippen LogP contribution in [0.25, 0.3) is 11.5 Å². The van der Waals surface area contributed by atoms with E-state index in [2.05, 4.69) is 20.7 Å². The SMILES string of the molecule is Cc1cc(NC(=O)C(Sc2nnc(-c3ccc4c(c3)OCO4)o2)c2ccccc2)no1. The van der Waals surface area contributed by atoms with Gasteiger partial charge in [-0.1, -0.05) is 35.5 Å². The number of carbonyl (C=O) groups is 1. The van der Waals surface area contributed by atoms with E-state index in [0.717, 1.165) is 17.3 Å². The molecule has 0 fully saturated rings. The van der Waals surface area contributed by atoms with Crippen LogP contribution in [0.4, 0.5) is 5.82 Å². The zero-order valence-electron chi connectivity index (χ0n) is 16.3. The maximum absolute atomic E-state index is 13.0. The first-order valence-electron chi connectivity index (χ1n) is 9.35. The molecule has 0 saturated heterocycles. The van der Waals surface area contributed by atoms with Crippen molar-refractivity contribution in [2.45, 2.75) is 17.4 Å². The Balaban J connectivity index is 1.39. The van der Waals surface area contributed by atoms with E-state index in [0.29, 0.717) is 34.5 Å². The van der Waals surface area contributed by atoms with Gasteiger partial charge in [0.1, 0.15) is 11.0 Å². The third kappa shape index (κ3) is 4.10. The zero-order valence-corrected chi connectivity index (χ0v) is 17.1. The van der Waals surface area contributed by atoms with Crippen molar-refractivity contribution in [1.82, 2.24) is 15.4 Å². The second-order valence-electron chi connectivity index (χ2n) is 6.66. The van der Waals surface area contributed by atoms with Crippen LogP contribution in [-0.2, 0) is 4.79 Å². The number of benzene rings is 2. The molecule has 2 aromatic carbocycles. The van der Waals surface area contributed by atoms with Crippen molar-refractivity contribution >= 4 is 23.5 Å². The van der Waals surface area contributed by atoms with Crippen LogP contribution >= 0.6 is 11.8 Å². The Morgan fingerprint density at radius 2 is 1.90 bits per heavy atom. The molecule has 2 aromatic heterocycles. The molecular weight excluding hydrogens is 420 g/mol. The first kappa shape index (κ1) is 19.2. The lowest BCUT2D eigenvalue weighted by atomic mass is 10.1. The fourth-order valence-corrected chi connectivity index (χ4v) is 3.90. The first-order valence-corrected chi connectivity index (χ1v) is 10.2. The van der Waals surface area contributed by atoms with Gasteiger partial charge in [0.15, 0.2) is 17.3 Å². The second-order valence-corrected chi connectivity index (χ2v) is 7.72. The number of thioether (sulfide) groups is 1. The Kier molecular flexibility index (Phi) is 5.04. The average molecular weight is 436 g/mol. The summed E-state index contributed by atoms with van der Waals surface area (Å²) in [6.07, 6.45) is 0. The van der Waals surface area contributed by atoms with Crippen LogP contribution in [0.1, 0.15) is 16.6 Å². The number of carbonyl (C=O) groups excluding carboxylic acids is 1. The number of aryl methyl sites for hydroxylation is 1. The molecule has 5 rings (SSSR count). The van der Waals surface area contributed by atoms with Gasteiger partial charge < -0.3 is 23.7 Å². The quantitative estimate of drug-likeness (QED) is 0.444. The summed E-state index contributed by atoms with van der Waals surface area (Å²) in [5, 5.41) is 14.4. The van der Waals surface area contributed by atoms with Crippen LogP contribution in [0, 0.1) is 6.92 Å². The predicted octanol–water partition coefficient (Wildman–Crippen LogP) is 4.23. The highest BCUT2D eigenvalue weighted by Crippen LogP contribution is 2.39. The smallest absolute Gasteiger partial charge is 0.277 e. The number of ether oxygens (including phenoxy) is 2. The topological polar surface area (TPSA) is 113 Å². The van der Waals surface area contributed by atoms with Crippen LogP contribution in [0.2, 0.25) is 0 Å². The van der Waals surface area contributed by atoms with E-state index < -0.39 is 5.25 Å². The van der Waals surface area contributed by atoms with Gasteiger partial charge in [0.05, 0.1) is 0 Å². The molecule has 0 spiro atoms. The molecule has 0 bridgehead atoms. The van der Waals surface area contributed by atoms with Gasteiger partial charge in [-0.2, -0.15) is 0 Å². The molecule has 3 heterocycles. The highest BCUT2D eigenvalue weighted by atomic mass is 32.2. The standard InChI is InChI=1S/C21H16N4O5S/c1-12-9-17(25-30-12)22-19(26)18(13-5-3-2-4-6-13)31-21-24-23-20(29-21)14-7-8-15-16(10-14)28-11-27-15/h2-10,18H,11H2,1H3,(H,22,25,26). The van der Waals surface area contributed by atoms with E-state index in [1.165, 1.54) is 0 Å². The summed E-state index contributed by atoms with van der Waals surface area (Å²) >= 11 is 1.15. The number of aromatic nitrogens is 3. The maximum Gasteiger partial charge on any atom is 0.277 e. The number of fused-ring (bicyclic) bond motifs is 1. The number of nitrogens with zero attached hydrogens (tertiary/aromatic N) is 3. The van der Waals surface area contributed by atoms with Crippen LogP contribution in [-0.4, -0.2) is 28.1 Å². The minimum Gasteiger partial charge on any atom is -0.454 e. The predicted molar refractivity (Wildman–Crippen MR) is 111 cm³/mol. The maximum atomic E-state index is 13.0. The second kappa shape index (κ2) is 8.15. The summed E-state index contributed by atoms with van der Waals surface area (Å²) in [5.41, 5.74) is 1.48. The number of rotatable bonds is 6. The Morgan fingerprint density at radius 3 is 2.71 bits per heavy atom. The van der Waals surface area contributed by atoms with Gasteiger partial charge in [0.25, 0.3) is 5.22 Å². The molecule has 1 unspecified atom stereocenters. The van der Waals surface area contributed by atoms with Gasteiger partial charge >= 0.3 is 0 Å². The Bertz CT molecular complexity index is 1220. The molecule has 156 valence electrons. The van der Waals surface area contributed by atoms with Crippen LogP contribution in [0.5, 0.6) is 11.5 Å². The average Bonchev–Trinajstić information content (AvgIpc) is 3.53. The van der Waals surface area contributed by atoms with Crippen molar-refractivity contribution in [1.29, 1.82) is 0 Å². The molecular formula is C21H16N4O5S. The molecule has 1 aliphatic heterocycles. The van der Waals surface area contributed by atoms with Crippen molar-refractivity contribution in [2.75, 3.05) is 12.1 Å². The summed E-state index contributed by atoms with van der Waals surface area (Å²) < 4.78 is 21.6. The monoisotopic (exact) mass is 436 g/mol. The summed E-state index contributed by atoms with van der Waals surface area (Å²) in [6, 6.07) is 16.4. The molecule has 31 heavy (non-hydrogen) atoms. The lowest BCUT2D eigenvalue weighted by Crippen LogP contribution is -2.19. The summed E-state index contributed by atoms with van der Waals surface area (Å²) in [7, 11) is 0. The molecule has 1 N–H and O–H groups in total. The Morgan fingerprint density at radius 1 is 1.06 bits per heavy atom. The molecule has 4 aromatic rings. The number of amides is 1. The van der Waals surface area contributed by atoms with Crippen LogP contribution < -0.4 is 14.8 Å². The fourth-order valence-electron chi connectivity index (χ4n) is 3.02. The molecule has 10 heteroatoms. The number of anilines is 1. The van der Waals surface area contributed by atoms with Gasteiger partial charge in [-0.25, -0.2) is 0 Å². The first-order chi connectivity index (χ1) is 15.2. The minimum atomic E-state index is -0.636.